The van der Waals surface area contributed by atoms with E-state index in [9.17, 15) is 0 Å². The second-order valence-corrected chi connectivity index (χ2v) is 3.00. The second-order valence-electron chi connectivity index (χ2n) is 3.00. The standard InChI is InChI=1S/C8H18N2/c1-4-8-9(3)6-7-10(8)5-2/h8H,4-7H2,1-3H3. The minimum atomic E-state index is 0.713. The summed E-state index contributed by atoms with van der Waals surface area (Å²) in [5.74, 6) is 0. The Morgan fingerprint density at radius 2 is 2.00 bits per heavy atom. The van der Waals surface area contributed by atoms with E-state index in [1.807, 2.05) is 0 Å². The Balaban J connectivity index is 2.45. The van der Waals surface area contributed by atoms with Crippen LogP contribution in [-0.4, -0.2) is 42.6 Å². The van der Waals surface area contributed by atoms with Gasteiger partial charge in [0.25, 0.3) is 0 Å². The molecule has 60 valence electrons. The van der Waals surface area contributed by atoms with E-state index in [2.05, 4.69) is 30.7 Å². The molecule has 0 bridgehead atoms. The van der Waals surface area contributed by atoms with Gasteiger partial charge in [-0.2, -0.15) is 0 Å². The lowest BCUT2D eigenvalue weighted by atomic mass is 10.3. The number of rotatable bonds is 2. The van der Waals surface area contributed by atoms with Crippen LogP contribution in [-0.2, 0) is 0 Å². The molecular weight excluding hydrogens is 124 g/mol. The van der Waals surface area contributed by atoms with Crippen LogP contribution in [0, 0.1) is 0 Å². The molecule has 0 radical (unpaired) electrons. The van der Waals surface area contributed by atoms with Crippen LogP contribution in [0.5, 0.6) is 0 Å². The monoisotopic (exact) mass is 142 g/mol. The molecule has 0 aromatic carbocycles. The van der Waals surface area contributed by atoms with E-state index in [0.29, 0.717) is 6.17 Å². The molecule has 0 aromatic heterocycles. The molecular formula is C8H18N2. The molecule has 1 saturated heterocycles. The maximum atomic E-state index is 2.53. The van der Waals surface area contributed by atoms with Crippen LogP contribution < -0.4 is 0 Å². The number of hydrogen-bond donors (Lipinski definition) is 0. The van der Waals surface area contributed by atoms with Gasteiger partial charge in [-0.3, -0.25) is 9.80 Å². The highest BCUT2D eigenvalue weighted by Crippen LogP contribution is 2.13. The third-order valence-corrected chi connectivity index (χ3v) is 2.44. The molecule has 1 unspecified atom stereocenters. The third kappa shape index (κ3) is 1.32. The Kier molecular flexibility index (Phi) is 2.69. The lowest BCUT2D eigenvalue weighted by molar-refractivity contribution is 0.160. The second kappa shape index (κ2) is 3.35. The first-order chi connectivity index (χ1) is 4.79. The normalized spacial score (nSPS) is 29.7. The van der Waals surface area contributed by atoms with Crippen molar-refractivity contribution in [2.24, 2.45) is 0 Å². The molecule has 1 heterocycles. The molecule has 1 fully saturated rings. The smallest absolute Gasteiger partial charge is 0.0618 e. The van der Waals surface area contributed by atoms with Gasteiger partial charge in [0.2, 0.25) is 0 Å². The van der Waals surface area contributed by atoms with Crippen LogP contribution >= 0.6 is 0 Å². The average molecular weight is 142 g/mol. The molecule has 1 aliphatic heterocycles. The Morgan fingerprint density at radius 3 is 2.40 bits per heavy atom. The summed E-state index contributed by atoms with van der Waals surface area (Å²) < 4.78 is 0. The summed E-state index contributed by atoms with van der Waals surface area (Å²) in [4.78, 5) is 4.96. The Morgan fingerprint density at radius 1 is 1.30 bits per heavy atom. The lowest BCUT2D eigenvalue weighted by Gasteiger charge is -2.25. The van der Waals surface area contributed by atoms with E-state index in [1.165, 1.54) is 26.1 Å². The largest absolute Gasteiger partial charge is 0.290 e. The molecule has 1 atom stereocenters. The summed E-state index contributed by atoms with van der Waals surface area (Å²) in [6.07, 6.45) is 1.97. The zero-order chi connectivity index (χ0) is 7.56. The van der Waals surface area contributed by atoms with Gasteiger partial charge in [0, 0.05) is 13.1 Å². The zero-order valence-corrected chi connectivity index (χ0v) is 7.30. The van der Waals surface area contributed by atoms with E-state index < -0.39 is 0 Å². The van der Waals surface area contributed by atoms with Gasteiger partial charge in [-0.1, -0.05) is 13.8 Å². The quantitative estimate of drug-likeness (QED) is 0.567. The van der Waals surface area contributed by atoms with Crippen molar-refractivity contribution in [3.8, 4) is 0 Å². The molecule has 2 nitrogen and oxygen atoms in total. The number of likely N-dealkylation sites (N-methyl/N-ethyl adjacent to an activating group) is 2. The van der Waals surface area contributed by atoms with E-state index in [1.54, 1.807) is 0 Å². The van der Waals surface area contributed by atoms with Crippen LogP contribution in [0.4, 0.5) is 0 Å². The van der Waals surface area contributed by atoms with Crippen LogP contribution in [0.15, 0.2) is 0 Å². The average Bonchev–Trinajstić information content (AvgIpc) is 2.30. The van der Waals surface area contributed by atoms with E-state index in [4.69, 9.17) is 0 Å². The van der Waals surface area contributed by atoms with E-state index in [0.717, 1.165) is 0 Å². The summed E-state index contributed by atoms with van der Waals surface area (Å²) >= 11 is 0. The molecule has 0 saturated carbocycles. The molecule has 0 spiro atoms. The first-order valence-electron chi connectivity index (χ1n) is 4.23. The van der Waals surface area contributed by atoms with Crippen molar-refractivity contribution in [3.05, 3.63) is 0 Å². The minimum Gasteiger partial charge on any atom is -0.290 e. The van der Waals surface area contributed by atoms with Gasteiger partial charge in [-0.05, 0) is 20.0 Å². The fraction of sp³-hybridized carbons (Fsp3) is 1.00. The molecule has 1 rings (SSSR count). The van der Waals surface area contributed by atoms with E-state index >= 15 is 0 Å². The van der Waals surface area contributed by atoms with Crippen molar-refractivity contribution in [2.75, 3.05) is 26.7 Å². The van der Waals surface area contributed by atoms with Gasteiger partial charge in [0.1, 0.15) is 0 Å². The zero-order valence-electron chi connectivity index (χ0n) is 7.30. The first-order valence-corrected chi connectivity index (χ1v) is 4.23. The third-order valence-electron chi connectivity index (χ3n) is 2.44. The topological polar surface area (TPSA) is 6.48 Å². The minimum absolute atomic E-state index is 0.713. The Bertz CT molecular complexity index is 103. The maximum absolute atomic E-state index is 2.53. The van der Waals surface area contributed by atoms with Crippen molar-refractivity contribution in [1.82, 2.24) is 9.80 Å². The van der Waals surface area contributed by atoms with Crippen molar-refractivity contribution in [1.29, 1.82) is 0 Å². The molecule has 0 amide bonds. The summed E-state index contributed by atoms with van der Waals surface area (Å²) in [5.41, 5.74) is 0. The van der Waals surface area contributed by atoms with Gasteiger partial charge in [0.05, 0.1) is 6.17 Å². The fourth-order valence-corrected chi connectivity index (χ4v) is 1.80. The summed E-state index contributed by atoms with van der Waals surface area (Å²) in [5, 5.41) is 0. The highest BCUT2D eigenvalue weighted by Gasteiger charge is 2.25. The first kappa shape index (κ1) is 8.02. The van der Waals surface area contributed by atoms with Crippen molar-refractivity contribution in [3.63, 3.8) is 0 Å². The molecule has 0 N–H and O–H groups in total. The highest BCUT2D eigenvalue weighted by molar-refractivity contribution is 4.76. The SMILES string of the molecule is CCC1N(C)CCN1CC. The van der Waals surface area contributed by atoms with Crippen LogP contribution in [0.1, 0.15) is 20.3 Å². The van der Waals surface area contributed by atoms with Crippen molar-refractivity contribution in [2.45, 2.75) is 26.4 Å². The fourth-order valence-electron chi connectivity index (χ4n) is 1.80. The number of nitrogens with zero attached hydrogens (tertiary/aromatic N) is 2. The van der Waals surface area contributed by atoms with Gasteiger partial charge in [-0.15, -0.1) is 0 Å². The summed E-state index contributed by atoms with van der Waals surface area (Å²) in [6.45, 7) is 8.19. The lowest BCUT2D eigenvalue weighted by Crippen LogP contribution is -2.35. The van der Waals surface area contributed by atoms with Gasteiger partial charge >= 0.3 is 0 Å². The van der Waals surface area contributed by atoms with Crippen LogP contribution in [0.25, 0.3) is 0 Å². The Labute approximate surface area is 63.8 Å². The predicted octanol–water partition coefficient (Wildman–Crippen LogP) is 0.990. The van der Waals surface area contributed by atoms with Gasteiger partial charge in [0.15, 0.2) is 0 Å². The molecule has 0 aromatic rings. The van der Waals surface area contributed by atoms with Crippen molar-refractivity contribution >= 4 is 0 Å². The van der Waals surface area contributed by atoms with Gasteiger partial charge in [-0.25, -0.2) is 0 Å². The van der Waals surface area contributed by atoms with Crippen LogP contribution in [0.3, 0.4) is 0 Å². The molecule has 10 heavy (non-hydrogen) atoms. The Hall–Kier alpha value is -0.0800. The molecule has 1 aliphatic rings. The van der Waals surface area contributed by atoms with Gasteiger partial charge < -0.3 is 0 Å². The van der Waals surface area contributed by atoms with Crippen molar-refractivity contribution < 1.29 is 0 Å². The molecule has 2 heteroatoms. The predicted molar refractivity (Wildman–Crippen MR) is 44.0 cm³/mol. The number of hydrogen-bond acceptors (Lipinski definition) is 2. The van der Waals surface area contributed by atoms with Crippen LogP contribution in [0.2, 0.25) is 0 Å². The summed E-state index contributed by atoms with van der Waals surface area (Å²) in [6, 6.07) is 0. The maximum Gasteiger partial charge on any atom is 0.0618 e. The highest BCUT2D eigenvalue weighted by atomic mass is 15.4. The van der Waals surface area contributed by atoms with E-state index in [-0.39, 0.29) is 0 Å². The molecule has 0 aliphatic carbocycles. The summed E-state index contributed by atoms with van der Waals surface area (Å²) in [7, 11) is 2.21.